The highest BCUT2D eigenvalue weighted by Gasteiger charge is 2.53. The van der Waals surface area contributed by atoms with E-state index >= 15 is 0 Å². The zero-order valence-electron chi connectivity index (χ0n) is 17.6. The zero-order valence-corrected chi connectivity index (χ0v) is 17.6. The molecule has 6 nitrogen and oxygen atoms in total. The van der Waals surface area contributed by atoms with Gasteiger partial charge < -0.3 is 15.2 Å². The van der Waals surface area contributed by atoms with Crippen LogP contribution in [0.3, 0.4) is 0 Å². The first-order valence-electron chi connectivity index (χ1n) is 9.94. The summed E-state index contributed by atoms with van der Waals surface area (Å²) in [5.74, 6) is 2.84. The van der Waals surface area contributed by atoms with Gasteiger partial charge in [-0.05, 0) is 35.4 Å². The summed E-state index contributed by atoms with van der Waals surface area (Å²) in [7, 11) is 1.53. The summed E-state index contributed by atoms with van der Waals surface area (Å²) >= 11 is 0. The van der Waals surface area contributed by atoms with Crippen molar-refractivity contribution in [1.29, 1.82) is 0 Å². The summed E-state index contributed by atoms with van der Waals surface area (Å²) in [4.78, 5) is 9.95. The molecule has 2 aliphatic rings. The predicted octanol–water partition coefficient (Wildman–Crippen LogP) is 3.21. The first-order chi connectivity index (χ1) is 15.7. The Kier molecular flexibility index (Phi) is 5.99. The van der Waals surface area contributed by atoms with Crippen LogP contribution < -0.4 is 10.5 Å². The maximum absolute atomic E-state index is 14.1. The number of guanidine groups is 1. The maximum atomic E-state index is 14.1. The summed E-state index contributed by atoms with van der Waals surface area (Å²) in [6.45, 7) is -4.12. The van der Waals surface area contributed by atoms with Crippen molar-refractivity contribution in [2.45, 2.75) is 18.1 Å². The van der Waals surface area contributed by atoms with Crippen molar-refractivity contribution in [1.82, 2.24) is 4.90 Å². The van der Waals surface area contributed by atoms with Gasteiger partial charge >= 0.3 is 6.61 Å². The second kappa shape index (κ2) is 8.75. The van der Waals surface area contributed by atoms with E-state index in [-0.39, 0.29) is 24.2 Å². The number of nitrogens with two attached hydrogens (primary N) is 1. The highest BCUT2D eigenvalue weighted by atomic mass is 19.3. The number of hydrogen-bond donors (Lipinski definition) is 1. The minimum atomic E-state index is -3.07. The van der Waals surface area contributed by atoms with E-state index in [0.29, 0.717) is 16.7 Å². The van der Waals surface area contributed by atoms with Gasteiger partial charge in [0.2, 0.25) is 0 Å². The first-order valence-corrected chi connectivity index (χ1v) is 9.94. The highest BCUT2D eigenvalue weighted by Crippen LogP contribution is 2.43. The van der Waals surface area contributed by atoms with Crippen LogP contribution in [0.1, 0.15) is 16.7 Å². The summed E-state index contributed by atoms with van der Waals surface area (Å²) in [5, 5.41) is 0. The molecule has 2 aliphatic heterocycles. The van der Waals surface area contributed by atoms with Gasteiger partial charge in [0, 0.05) is 12.7 Å². The molecule has 10 heteroatoms. The number of aliphatic imine (C=N–C) groups is 2. The molecule has 0 aliphatic carbocycles. The van der Waals surface area contributed by atoms with Gasteiger partial charge in [0.15, 0.2) is 11.5 Å². The van der Waals surface area contributed by atoms with Crippen LogP contribution in [0, 0.1) is 11.8 Å². The lowest BCUT2D eigenvalue weighted by Crippen LogP contribution is -2.53. The normalized spacial score (nSPS) is 21.1. The lowest BCUT2D eigenvalue weighted by Gasteiger charge is -2.35. The van der Waals surface area contributed by atoms with Crippen molar-refractivity contribution in [3.63, 3.8) is 0 Å². The summed E-state index contributed by atoms with van der Waals surface area (Å²) in [6.07, 6.45) is 0. The lowest BCUT2D eigenvalue weighted by atomic mass is 9.81. The predicted molar refractivity (Wildman–Crippen MR) is 115 cm³/mol. The van der Waals surface area contributed by atoms with Gasteiger partial charge in [-0.3, -0.25) is 9.89 Å². The Hall–Kier alpha value is -3.58. The number of methoxy groups -OCH3 is 1. The number of ether oxygens (including phenoxy) is 2. The van der Waals surface area contributed by atoms with Gasteiger partial charge in [0.25, 0.3) is 5.92 Å². The second-order valence-corrected chi connectivity index (χ2v) is 7.48. The first kappa shape index (κ1) is 22.6. The SMILES string of the molecule is COCC#Cc1cccc([C@@]2(c3ccc(OC(F)F)cc3)N=C(N)N3CC(F)(F)CN=C32)c1. The van der Waals surface area contributed by atoms with Gasteiger partial charge in [0.05, 0.1) is 6.54 Å². The standard InChI is InChI=1S/C23H20F4N4O2/c1-32-11-3-5-15-4-2-6-17(12-15)23(16-7-9-18(10-8-16)33-20(24)25)19-29-13-22(26,27)14-31(19)21(28)30-23/h2,4,6-10,12,20H,11,13-14H2,1H3,(H2,28,30)/t23-/m1/s1. The molecule has 0 saturated carbocycles. The summed E-state index contributed by atoms with van der Waals surface area (Å²) in [6, 6.07) is 12.9. The van der Waals surface area contributed by atoms with E-state index in [1.165, 1.54) is 36.3 Å². The zero-order chi connectivity index (χ0) is 23.6. The van der Waals surface area contributed by atoms with Crippen LogP contribution in [-0.4, -0.2) is 56.0 Å². The molecule has 33 heavy (non-hydrogen) atoms. The second-order valence-electron chi connectivity index (χ2n) is 7.48. The minimum Gasteiger partial charge on any atom is -0.435 e. The molecule has 2 aromatic rings. The average Bonchev–Trinajstić information content (AvgIpc) is 3.06. The van der Waals surface area contributed by atoms with Crippen molar-refractivity contribution < 1.29 is 27.0 Å². The fourth-order valence-electron chi connectivity index (χ4n) is 3.88. The Labute approximate surface area is 187 Å². The van der Waals surface area contributed by atoms with Crippen LogP contribution >= 0.6 is 0 Å². The fourth-order valence-corrected chi connectivity index (χ4v) is 3.88. The van der Waals surface area contributed by atoms with Gasteiger partial charge in [-0.25, -0.2) is 13.8 Å². The van der Waals surface area contributed by atoms with Crippen LogP contribution in [0.25, 0.3) is 0 Å². The summed E-state index contributed by atoms with van der Waals surface area (Å²) < 4.78 is 62.8. The Morgan fingerprint density at radius 1 is 1.15 bits per heavy atom. The van der Waals surface area contributed by atoms with Crippen LogP contribution in [0.5, 0.6) is 5.75 Å². The summed E-state index contributed by atoms with van der Waals surface area (Å²) in [5.41, 5.74) is 6.46. The molecule has 2 heterocycles. The van der Waals surface area contributed by atoms with Gasteiger partial charge in [-0.2, -0.15) is 8.78 Å². The average molecular weight is 460 g/mol. The van der Waals surface area contributed by atoms with E-state index in [1.54, 1.807) is 24.3 Å². The van der Waals surface area contributed by atoms with Gasteiger partial charge in [-0.15, -0.1) is 0 Å². The third-order valence-corrected chi connectivity index (χ3v) is 5.21. The van der Waals surface area contributed by atoms with Crippen molar-refractivity contribution in [3.8, 4) is 17.6 Å². The smallest absolute Gasteiger partial charge is 0.387 e. The number of hydrogen-bond acceptors (Lipinski definition) is 6. The number of benzene rings is 2. The molecule has 1 atom stereocenters. The molecule has 4 rings (SSSR count). The molecule has 0 radical (unpaired) electrons. The number of rotatable bonds is 5. The topological polar surface area (TPSA) is 72.4 Å². The molecule has 0 spiro atoms. The minimum absolute atomic E-state index is 0.0491. The Morgan fingerprint density at radius 3 is 2.61 bits per heavy atom. The maximum Gasteiger partial charge on any atom is 0.387 e. The third kappa shape index (κ3) is 4.36. The molecule has 172 valence electrons. The molecule has 0 amide bonds. The molecule has 0 fully saturated rings. The Bertz CT molecular complexity index is 1160. The molecule has 0 saturated heterocycles. The van der Waals surface area contributed by atoms with Gasteiger partial charge in [-0.1, -0.05) is 36.1 Å². The van der Waals surface area contributed by atoms with Crippen LogP contribution in [-0.2, 0) is 10.3 Å². The van der Waals surface area contributed by atoms with Crippen molar-refractivity contribution in [3.05, 3.63) is 65.2 Å². The number of halogens is 4. The van der Waals surface area contributed by atoms with E-state index in [4.69, 9.17) is 10.5 Å². The number of fused-ring (bicyclic) bond motifs is 1. The highest BCUT2D eigenvalue weighted by molar-refractivity contribution is 6.12. The molecular formula is C23H20F4N4O2. The van der Waals surface area contributed by atoms with Crippen molar-refractivity contribution in [2.75, 3.05) is 26.8 Å². The van der Waals surface area contributed by atoms with Crippen LogP contribution in [0.15, 0.2) is 58.5 Å². The molecule has 2 aromatic carbocycles. The molecule has 2 N–H and O–H groups in total. The van der Waals surface area contributed by atoms with Crippen molar-refractivity contribution in [2.24, 2.45) is 15.7 Å². The third-order valence-electron chi connectivity index (χ3n) is 5.21. The Morgan fingerprint density at radius 2 is 1.91 bits per heavy atom. The van der Waals surface area contributed by atoms with E-state index < -0.39 is 31.2 Å². The van der Waals surface area contributed by atoms with Crippen molar-refractivity contribution >= 4 is 11.8 Å². The van der Waals surface area contributed by atoms with E-state index in [0.717, 1.165) is 0 Å². The van der Waals surface area contributed by atoms with Crippen LogP contribution in [0.2, 0.25) is 0 Å². The van der Waals surface area contributed by atoms with E-state index in [9.17, 15) is 17.6 Å². The van der Waals surface area contributed by atoms with E-state index in [2.05, 4.69) is 26.6 Å². The molecule has 0 unspecified atom stereocenters. The molecule has 0 bridgehead atoms. The van der Waals surface area contributed by atoms with Gasteiger partial charge in [0.1, 0.15) is 24.7 Å². The number of amidine groups is 1. The lowest BCUT2D eigenvalue weighted by molar-refractivity contribution is -0.0498. The van der Waals surface area contributed by atoms with E-state index in [1.807, 2.05) is 0 Å². The molecular weight excluding hydrogens is 440 g/mol. The quantitative estimate of drug-likeness (QED) is 0.550. The fraction of sp³-hybridized carbons (Fsp3) is 0.304. The molecule has 0 aromatic heterocycles. The Balaban J connectivity index is 1.87. The number of nitrogens with zero attached hydrogens (tertiary/aromatic N) is 3. The number of alkyl halides is 4. The largest absolute Gasteiger partial charge is 0.435 e. The monoisotopic (exact) mass is 460 g/mol. The van der Waals surface area contributed by atoms with Crippen LogP contribution in [0.4, 0.5) is 17.6 Å².